The van der Waals surface area contributed by atoms with Gasteiger partial charge in [0.15, 0.2) is 0 Å². The van der Waals surface area contributed by atoms with E-state index in [1.807, 2.05) is 24.3 Å². The van der Waals surface area contributed by atoms with Gasteiger partial charge in [-0.15, -0.1) is 6.58 Å². The Morgan fingerprint density at radius 3 is 2.86 bits per heavy atom. The largest absolute Gasteiger partial charge is 0.504 e. The van der Waals surface area contributed by atoms with Crippen molar-refractivity contribution in [3.8, 4) is 0 Å². The van der Waals surface area contributed by atoms with Gasteiger partial charge in [0, 0.05) is 24.2 Å². The van der Waals surface area contributed by atoms with E-state index in [0.29, 0.717) is 12.0 Å². The fraction of sp³-hybridized carbons (Fsp3) is 0.455. The van der Waals surface area contributed by atoms with Crippen molar-refractivity contribution in [2.45, 2.75) is 24.3 Å². The molecule has 4 atom stereocenters. The molecule has 2 fully saturated rings. The highest BCUT2D eigenvalue weighted by molar-refractivity contribution is 6.07. The van der Waals surface area contributed by atoms with E-state index in [0.717, 1.165) is 30.8 Å². The van der Waals surface area contributed by atoms with Gasteiger partial charge in [-0.05, 0) is 36.9 Å². The van der Waals surface area contributed by atoms with E-state index in [-0.39, 0.29) is 23.8 Å². The number of esters is 1. The van der Waals surface area contributed by atoms with Gasteiger partial charge in [0.2, 0.25) is 5.91 Å². The summed E-state index contributed by atoms with van der Waals surface area (Å²) in [6, 6.07) is 7.96. The Kier molecular flexibility index (Phi) is 4.75. The minimum absolute atomic E-state index is 0.0160. The summed E-state index contributed by atoms with van der Waals surface area (Å²) in [6.45, 7) is 5.60. The van der Waals surface area contributed by atoms with Crippen LogP contribution in [0.25, 0.3) is 0 Å². The lowest BCUT2D eigenvalue weighted by Crippen LogP contribution is -2.53. The Morgan fingerprint density at radius 2 is 2.14 bits per heavy atom. The molecule has 1 N–H and O–H groups in total. The van der Waals surface area contributed by atoms with E-state index in [4.69, 9.17) is 9.47 Å². The standard InChI is InChI=1S/C22H26N2O4/c1-4-14-12-24-10-9-22(17-7-5-6-8-18(17)23-21(22)26)19(24)11-15(14)16(13-27-2)20(25)28-3/h4-8,13-15,19H,1,9-12H2,2-3H3,(H,23,26)/b16-13-. The van der Waals surface area contributed by atoms with Crippen molar-refractivity contribution in [1.82, 2.24) is 4.90 Å². The third-order valence-electron chi connectivity index (χ3n) is 6.67. The molecule has 3 aliphatic rings. The lowest BCUT2D eigenvalue weighted by atomic mass is 9.68. The van der Waals surface area contributed by atoms with E-state index >= 15 is 0 Å². The quantitative estimate of drug-likeness (QED) is 0.375. The minimum Gasteiger partial charge on any atom is -0.504 e. The van der Waals surface area contributed by atoms with E-state index in [1.54, 1.807) is 0 Å². The average molecular weight is 382 g/mol. The van der Waals surface area contributed by atoms with Gasteiger partial charge >= 0.3 is 5.97 Å². The molecule has 1 aromatic carbocycles. The molecule has 3 heterocycles. The Balaban J connectivity index is 1.75. The molecule has 6 nitrogen and oxygen atoms in total. The number of fused-ring (bicyclic) bond motifs is 4. The van der Waals surface area contributed by atoms with Crippen molar-refractivity contribution in [3.05, 3.63) is 54.3 Å². The first-order valence-electron chi connectivity index (χ1n) is 9.65. The summed E-state index contributed by atoms with van der Waals surface area (Å²) < 4.78 is 10.2. The highest BCUT2D eigenvalue weighted by Crippen LogP contribution is 2.52. The third-order valence-corrected chi connectivity index (χ3v) is 6.67. The zero-order valence-corrected chi connectivity index (χ0v) is 16.3. The summed E-state index contributed by atoms with van der Waals surface area (Å²) >= 11 is 0. The molecule has 148 valence electrons. The first kappa shape index (κ1) is 18.7. The van der Waals surface area contributed by atoms with Crippen LogP contribution < -0.4 is 5.32 Å². The fourth-order valence-electron chi connectivity index (χ4n) is 5.38. The first-order chi connectivity index (χ1) is 13.6. The van der Waals surface area contributed by atoms with Crippen LogP contribution in [0.4, 0.5) is 5.69 Å². The predicted octanol–water partition coefficient (Wildman–Crippen LogP) is 2.48. The van der Waals surface area contributed by atoms with Gasteiger partial charge in [0.05, 0.1) is 31.5 Å². The van der Waals surface area contributed by atoms with Crippen molar-refractivity contribution < 1.29 is 19.1 Å². The molecule has 0 bridgehead atoms. The SMILES string of the molecule is C=CC1CN2CCC3(C(=O)Nc4ccccc43)C2CC1/C(=C/OC)C(=O)OC. The molecule has 0 radical (unpaired) electrons. The number of hydrogen-bond acceptors (Lipinski definition) is 5. The second-order valence-electron chi connectivity index (χ2n) is 7.77. The van der Waals surface area contributed by atoms with Crippen LogP contribution >= 0.6 is 0 Å². The second-order valence-corrected chi connectivity index (χ2v) is 7.77. The number of rotatable bonds is 4. The topological polar surface area (TPSA) is 67.9 Å². The second kappa shape index (κ2) is 7.09. The summed E-state index contributed by atoms with van der Waals surface area (Å²) in [6.07, 6.45) is 4.83. The first-order valence-corrected chi connectivity index (χ1v) is 9.65. The number of para-hydroxylation sites is 1. The van der Waals surface area contributed by atoms with Crippen molar-refractivity contribution in [2.75, 3.05) is 32.6 Å². The van der Waals surface area contributed by atoms with Gasteiger partial charge in [-0.2, -0.15) is 0 Å². The van der Waals surface area contributed by atoms with Gasteiger partial charge in [-0.3, -0.25) is 9.69 Å². The number of nitrogens with one attached hydrogen (secondary N) is 1. The van der Waals surface area contributed by atoms with Crippen LogP contribution in [0.15, 0.2) is 48.8 Å². The van der Waals surface area contributed by atoms with Crippen molar-refractivity contribution >= 4 is 17.6 Å². The maximum absolute atomic E-state index is 13.2. The summed E-state index contributed by atoms with van der Waals surface area (Å²) in [4.78, 5) is 28.0. The number of carbonyl (C=O) groups is 2. The molecular formula is C22H26N2O4. The molecule has 6 heteroatoms. The zero-order chi connectivity index (χ0) is 19.9. The van der Waals surface area contributed by atoms with Gasteiger partial charge in [0.25, 0.3) is 0 Å². The number of methoxy groups -OCH3 is 2. The smallest absolute Gasteiger partial charge is 0.337 e. The highest BCUT2D eigenvalue weighted by atomic mass is 16.5. The van der Waals surface area contributed by atoms with Crippen molar-refractivity contribution in [2.24, 2.45) is 11.8 Å². The number of ether oxygens (including phenoxy) is 2. The Hall–Kier alpha value is -2.60. The average Bonchev–Trinajstić information content (AvgIpc) is 3.23. The van der Waals surface area contributed by atoms with Crippen LogP contribution in [0.2, 0.25) is 0 Å². The molecular weight excluding hydrogens is 356 g/mol. The molecule has 1 spiro atoms. The number of amides is 1. The van der Waals surface area contributed by atoms with E-state index in [9.17, 15) is 9.59 Å². The van der Waals surface area contributed by atoms with E-state index < -0.39 is 11.4 Å². The monoisotopic (exact) mass is 382 g/mol. The summed E-state index contributed by atoms with van der Waals surface area (Å²) in [7, 11) is 2.90. The van der Waals surface area contributed by atoms with Crippen LogP contribution in [0.1, 0.15) is 18.4 Å². The Bertz CT molecular complexity index is 849. The molecule has 1 amide bonds. The molecule has 2 saturated heterocycles. The zero-order valence-electron chi connectivity index (χ0n) is 16.3. The van der Waals surface area contributed by atoms with Crippen LogP contribution in [-0.4, -0.2) is 50.1 Å². The number of anilines is 1. The number of hydrogen-bond donors (Lipinski definition) is 1. The van der Waals surface area contributed by atoms with E-state index in [1.165, 1.54) is 20.5 Å². The Morgan fingerprint density at radius 1 is 1.36 bits per heavy atom. The molecule has 3 aliphatic heterocycles. The molecule has 0 saturated carbocycles. The molecule has 28 heavy (non-hydrogen) atoms. The lowest BCUT2D eigenvalue weighted by molar-refractivity contribution is -0.137. The minimum atomic E-state index is -0.574. The number of benzene rings is 1. The molecule has 4 unspecified atom stereocenters. The highest BCUT2D eigenvalue weighted by Gasteiger charge is 2.60. The summed E-state index contributed by atoms with van der Waals surface area (Å²) in [5, 5.41) is 3.07. The normalized spacial score (nSPS) is 31.9. The Labute approximate surface area is 165 Å². The maximum atomic E-state index is 13.2. The van der Waals surface area contributed by atoms with Gasteiger partial charge in [-0.25, -0.2) is 4.79 Å². The number of carbonyl (C=O) groups excluding carboxylic acids is 2. The van der Waals surface area contributed by atoms with Gasteiger partial charge < -0.3 is 14.8 Å². The van der Waals surface area contributed by atoms with Crippen LogP contribution in [0.3, 0.4) is 0 Å². The molecule has 0 aliphatic carbocycles. The van der Waals surface area contributed by atoms with Gasteiger partial charge in [0.1, 0.15) is 0 Å². The molecule has 4 rings (SSSR count). The molecule has 1 aromatic rings. The van der Waals surface area contributed by atoms with Crippen molar-refractivity contribution in [1.29, 1.82) is 0 Å². The van der Waals surface area contributed by atoms with E-state index in [2.05, 4.69) is 22.9 Å². The third kappa shape index (κ3) is 2.58. The predicted molar refractivity (Wildman–Crippen MR) is 106 cm³/mol. The van der Waals surface area contributed by atoms with Crippen LogP contribution in [-0.2, 0) is 24.5 Å². The molecule has 0 aromatic heterocycles. The van der Waals surface area contributed by atoms with Crippen LogP contribution in [0, 0.1) is 11.8 Å². The maximum Gasteiger partial charge on any atom is 0.337 e. The summed E-state index contributed by atoms with van der Waals surface area (Å²) in [5.74, 6) is -0.351. The van der Waals surface area contributed by atoms with Gasteiger partial charge in [-0.1, -0.05) is 24.3 Å². The number of piperidine rings is 1. The number of nitrogens with zero attached hydrogens (tertiary/aromatic N) is 1. The fourth-order valence-corrected chi connectivity index (χ4v) is 5.38. The van der Waals surface area contributed by atoms with Crippen LogP contribution in [0.5, 0.6) is 0 Å². The lowest BCUT2D eigenvalue weighted by Gasteiger charge is -2.44. The van der Waals surface area contributed by atoms with Crippen molar-refractivity contribution in [3.63, 3.8) is 0 Å². The summed E-state index contributed by atoms with van der Waals surface area (Å²) in [5.41, 5.74) is 1.90.